The second-order valence-corrected chi connectivity index (χ2v) is 9.36. The van der Waals surface area contributed by atoms with E-state index in [-0.39, 0.29) is 6.04 Å². The molecule has 1 aliphatic heterocycles. The molecule has 2 aromatic rings. The summed E-state index contributed by atoms with van der Waals surface area (Å²) < 4.78 is 33.4. The summed E-state index contributed by atoms with van der Waals surface area (Å²) in [5, 5.41) is 0. The van der Waals surface area contributed by atoms with Crippen molar-refractivity contribution in [3.05, 3.63) is 53.6 Å². The number of aryl methyl sites for hydroxylation is 1. The van der Waals surface area contributed by atoms with Gasteiger partial charge in [-0.15, -0.1) is 0 Å². The molecule has 0 saturated carbocycles. The van der Waals surface area contributed by atoms with Crippen molar-refractivity contribution in [1.29, 1.82) is 0 Å². The van der Waals surface area contributed by atoms with Gasteiger partial charge in [-0.3, -0.25) is 4.79 Å². The molecular weight excluding hydrogens is 388 g/mol. The number of hydrogen-bond acceptors (Lipinski definition) is 4. The second kappa shape index (κ2) is 9.07. The number of amides is 1. The lowest BCUT2D eigenvalue weighted by atomic mass is 9.99. The monoisotopic (exact) mass is 416 g/mol. The Hall–Kier alpha value is -2.22. The molecule has 6 nitrogen and oxygen atoms in total. The molecule has 1 fully saturated rings. The molecular formula is C22H28N2O4S. The smallest absolute Gasteiger partial charge is 0.248 e. The van der Waals surface area contributed by atoms with E-state index in [0.717, 1.165) is 36.0 Å². The summed E-state index contributed by atoms with van der Waals surface area (Å²) >= 11 is 0. The Morgan fingerprint density at radius 2 is 1.90 bits per heavy atom. The minimum atomic E-state index is -3.56. The number of hydrogen-bond donors (Lipinski definition) is 1. The predicted molar refractivity (Wildman–Crippen MR) is 113 cm³/mol. The number of rotatable bonds is 7. The molecule has 1 atom stereocenters. The van der Waals surface area contributed by atoms with Crippen molar-refractivity contribution < 1.29 is 17.9 Å². The third-order valence-electron chi connectivity index (χ3n) is 5.51. The fourth-order valence-electron chi connectivity index (χ4n) is 3.90. The molecule has 0 bridgehead atoms. The average Bonchev–Trinajstić information content (AvgIpc) is 2.72. The molecule has 7 heteroatoms. The van der Waals surface area contributed by atoms with Gasteiger partial charge in [0, 0.05) is 31.9 Å². The molecule has 29 heavy (non-hydrogen) atoms. The minimum Gasteiger partial charge on any atom is -0.385 e. The van der Waals surface area contributed by atoms with Crippen LogP contribution < -0.4 is 5.73 Å². The maximum Gasteiger partial charge on any atom is 0.248 e. The predicted octanol–water partition coefficient (Wildman–Crippen LogP) is 3.34. The van der Waals surface area contributed by atoms with E-state index < -0.39 is 15.9 Å². The van der Waals surface area contributed by atoms with Crippen LogP contribution in [-0.2, 0) is 14.8 Å². The molecule has 0 radical (unpaired) electrons. The number of ether oxygens (including phenoxy) is 1. The summed E-state index contributed by atoms with van der Waals surface area (Å²) in [5.41, 5.74) is 8.44. The van der Waals surface area contributed by atoms with Crippen molar-refractivity contribution >= 4 is 15.9 Å². The van der Waals surface area contributed by atoms with Crippen LogP contribution in [-0.4, -0.2) is 44.9 Å². The van der Waals surface area contributed by atoms with Crippen LogP contribution in [0.25, 0.3) is 11.1 Å². The van der Waals surface area contributed by atoms with Crippen molar-refractivity contribution in [3.63, 3.8) is 0 Å². The van der Waals surface area contributed by atoms with Crippen LogP contribution >= 0.6 is 0 Å². The fourth-order valence-corrected chi connectivity index (χ4v) is 5.71. The standard InChI is InChI=1S/C22H28N2O4S/c1-16-15-20(10-11-21(16)17-6-8-18(9-7-17)22(23)25)29(26,27)24-13-4-3-5-19(24)12-14-28-2/h6-11,15,19H,3-5,12-14H2,1-2H3,(H2,23,25). The first-order chi connectivity index (χ1) is 13.8. The van der Waals surface area contributed by atoms with E-state index >= 15 is 0 Å². The number of carbonyl (C=O) groups excluding carboxylic acids is 1. The van der Waals surface area contributed by atoms with E-state index in [1.54, 1.807) is 35.7 Å². The van der Waals surface area contributed by atoms with Crippen LogP contribution in [0, 0.1) is 6.92 Å². The lowest BCUT2D eigenvalue weighted by Gasteiger charge is -2.34. The zero-order valence-electron chi connectivity index (χ0n) is 16.9. The summed E-state index contributed by atoms with van der Waals surface area (Å²) in [4.78, 5) is 11.6. The molecule has 2 N–H and O–H groups in total. The zero-order chi connectivity index (χ0) is 21.0. The Balaban J connectivity index is 1.89. The van der Waals surface area contributed by atoms with E-state index in [2.05, 4.69) is 0 Å². The molecule has 2 aromatic carbocycles. The largest absolute Gasteiger partial charge is 0.385 e. The molecule has 1 saturated heterocycles. The zero-order valence-corrected chi connectivity index (χ0v) is 17.7. The van der Waals surface area contributed by atoms with E-state index in [0.29, 0.717) is 30.0 Å². The van der Waals surface area contributed by atoms with Gasteiger partial charge in [-0.05, 0) is 67.1 Å². The molecule has 1 unspecified atom stereocenters. The van der Waals surface area contributed by atoms with Crippen LogP contribution in [0.5, 0.6) is 0 Å². The second-order valence-electron chi connectivity index (χ2n) is 7.47. The Bertz CT molecular complexity index is 971. The molecule has 0 aliphatic carbocycles. The van der Waals surface area contributed by atoms with Gasteiger partial charge in [0.2, 0.25) is 15.9 Å². The highest BCUT2D eigenvalue weighted by Gasteiger charge is 2.33. The number of nitrogens with zero attached hydrogens (tertiary/aromatic N) is 1. The number of primary amides is 1. The minimum absolute atomic E-state index is 0.0185. The van der Waals surface area contributed by atoms with E-state index in [4.69, 9.17) is 10.5 Å². The van der Waals surface area contributed by atoms with E-state index in [9.17, 15) is 13.2 Å². The number of sulfonamides is 1. The van der Waals surface area contributed by atoms with Crippen molar-refractivity contribution in [2.24, 2.45) is 5.73 Å². The molecule has 1 heterocycles. The first-order valence-corrected chi connectivity index (χ1v) is 11.3. The van der Waals surface area contributed by atoms with Crippen LogP contribution in [0.2, 0.25) is 0 Å². The van der Waals surface area contributed by atoms with E-state index in [1.165, 1.54) is 0 Å². The molecule has 0 spiro atoms. The normalized spacial score (nSPS) is 17.9. The highest BCUT2D eigenvalue weighted by molar-refractivity contribution is 7.89. The average molecular weight is 417 g/mol. The Morgan fingerprint density at radius 1 is 1.17 bits per heavy atom. The highest BCUT2D eigenvalue weighted by Crippen LogP contribution is 2.30. The summed E-state index contributed by atoms with van der Waals surface area (Å²) in [6, 6.07) is 12.2. The third kappa shape index (κ3) is 4.69. The first-order valence-electron chi connectivity index (χ1n) is 9.86. The van der Waals surface area contributed by atoms with Gasteiger partial charge < -0.3 is 10.5 Å². The SMILES string of the molecule is COCCC1CCCCN1S(=O)(=O)c1ccc(-c2ccc(C(N)=O)cc2)c(C)c1. The topological polar surface area (TPSA) is 89.7 Å². The van der Waals surface area contributed by atoms with Crippen LogP contribution in [0.4, 0.5) is 0 Å². The first kappa shape index (κ1) is 21.5. The van der Waals surface area contributed by atoms with Crippen LogP contribution in [0.1, 0.15) is 41.6 Å². The van der Waals surface area contributed by atoms with Gasteiger partial charge in [-0.1, -0.05) is 24.6 Å². The highest BCUT2D eigenvalue weighted by atomic mass is 32.2. The van der Waals surface area contributed by atoms with Gasteiger partial charge in [0.05, 0.1) is 4.90 Å². The van der Waals surface area contributed by atoms with Crippen LogP contribution in [0.3, 0.4) is 0 Å². The quantitative estimate of drug-likeness (QED) is 0.750. The van der Waals surface area contributed by atoms with Gasteiger partial charge >= 0.3 is 0 Å². The van der Waals surface area contributed by atoms with Gasteiger partial charge in [0.15, 0.2) is 0 Å². The molecule has 156 valence electrons. The number of methoxy groups -OCH3 is 1. The Morgan fingerprint density at radius 3 is 2.52 bits per heavy atom. The molecule has 3 rings (SSSR count). The van der Waals surface area contributed by atoms with Crippen molar-refractivity contribution in [1.82, 2.24) is 4.31 Å². The Kier molecular flexibility index (Phi) is 6.72. The van der Waals surface area contributed by atoms with Crippen molar-refractivity contribution in [2.45, 2.75) is 43.5 Å². The lowest BCUT2D eigenvalue weighted by molar-refractivity contribution is 0.100. The van der Waals surface area contributed by atoms with Gasteiger partial charge in [0.1, 0.15) is 0 Å². The summed E-state index contributed by atoms with van der Waals surface area (Å²) in [5.74, 6) is -0.473. The number of carbonyl (C=O) groups is 1. The summed E-state index contributed by atoms with van der Waals surface area (Å²) in [7, 11) is -1.93. The van der Waals surface area contributed by atoms with E-state index in [1.807, 2.05) is 25.1 Å². The molecule has 1 amide bonds. The maximum absolute atomic E-state index is 13.3. The van der Waals surface area contributed by atoms with Gasteiger partial charge in [-0.25, -0.2) is 8.42 Å². The molecule has 0 aromatic heterocycles. The number of nitrogens with two attached hydrogens (primary N) is 1. The fraction of sp³-hybridized carbons (Fsp3) is 0.409. The van der Waals surface area contributed by atoms with Crippen molar-refractivity contribution in [2.75, 3.05) is 20.3 Å². The number of benzene rings is 2. The maximum atomic E-state index is 13.3. The molecule has 1 aliphatic rings. The Labute approximate surface area is 172 Å². The summed E-state index contributed by atoms with van der Waals surface area (Å²) in [6.07, 6.45) is 3.50. The lowest BCUT2D eigenvalue weighted by Crippen LogP contribution is -2.44. The van der Waals surface area contributed by atoms with Crippen LogP contribution in [0.15, 0.2) is 47.4 Å². The number of piperidine rings is 1. The van der Waals surface area contributed by atoms with Crippen molar-refractivity contribution in [3.8, 4) is 11.1 Å². The van der Waals surface area contributed by atoms with Gasteiger partial charge in [-0.2, -0.15) is 4.31 Å². The summed E-state index contributed by atoms with van der Waals surface area (Å²) in [6.45, 7) is 3.00. The third-order valence-corrected chi connectivity index (χ3v) is 7.46. The van der Waals surface area contributed by atoms with Gasteiger partial charge in [0.25, 0.3) is 0 Å².